The molecule has 0 spiro atoms. The Kier molecular flexibility index (Phi) is 3.46. The van der Waals surface area contributed by atoms with Gasteiger partial charge in [-0.15, -0.1) is 0 Å². The third-order valence-electron chi connectivity index (χ3n) is 4.52. The molecule has 3 rings (SSSR count). The molecular weight excluding hydrogens is 279 g/mol. The summed E-state index contributed by atoms with van der Waals surface area (Å²) < 4.78 is 40.9. The number of hydrogen-bond donors (Lipinski definition) is 1. The maximum Gasteiger partial charge on any atom is 0.248 e. The lowest BCUT2D eigenvalue weighted by atomic mass is 9.86. The van der Waals surface area contributed by atoms with Crippen LogP contribution in [0.2, 0.25) is 0 Å². The summed E-state index contributed by atoms with van der Waals surface area (Å²) in [6.07, 6.45) is 5.02. The molecule has 2 aliphatic rings. The number of benzene rings is 1. The van der Waals surface area contributed by atoms with E-state index in [0.717, 1.165) is 38.2 Å². The van der Waals surface area contributed by atoms with E-state index in [1.807, 2.05) is 0 Å². The van der Waals surface area contributed by atoms with Crippen LogP contribution in [0.4, 0.5) is 10.1 Å². The van der Waals surface area contributed by atoms with Gasteiger partial charge in [0.25, 0.3) is 0 Å². The molecule has 2 N–H and O–H groups in total. The van der Waals surface area contributed by atoms with Crippen molar-refractivity contribution in [2.45, 2.75) is 43.0 Å². The summed E-state index contributed by atoms with van der Waals surface area (Å²) in [6.45, 7) is 0.478. The third-order valence-corrected chi connectivity index (χ3v) is 6.54. The number of nitrogens with two attached hydrogens (primary N) is 1. The lowest BCUT2D eigenvalue weighted by Gasteiger charge is -2.31. The molecule has 1 aliphatic heterocycles. The highest BCUT2D eigenvalue weighted by Gasteiger charge is 2.43. The molecule has 1 aliphatic carbocycles. The number of nitrogens with zero attached hydrogens (tertiary/aromatic N) is 1. The zero-order valence-corrected chi connectivity index (χ0v) is 12.1. The van der Waals surface area contributed by atoms with E-state index in [4.69, 9.17) is 5.73 Å². The Labute approximate surface area is 118 Å². The molecule has 1 aromatic rings. The van der Waals surface area contributed by atoms with Gasteiger partial charge in [0.05, 0.1) is 5.69 Å². The van der Waals surface area contributed by atoms with Crippen LogP contribution in [0.15, 0.2) is 23.1 Å². The van der Waals surface area contributed by atoms with E-state index in [2.05, 4.69) is 0 Å². The topological polar surface area (TPSA) is 63.4 Å². The molecule has 1 saturated heterocycles. The van der Waals surface area contributed by atoms with E-state index in [-0.39, 0.29) is 16.6 Å². The molecule has 0 amide bonds. The molecule has 0 aromatic heterocycles. The Balaban J connectivity index is 2.00. The molecule has 0 bridgehead atoms. The van der Waals surface area contributed by atoms with Gasteiger partial charge in [-0.2, -0.15) is 4.31 Å². The standard InChI is InChI=1S/C14H19FN2O2S/c15-11-5-3-6-12(16)14(11)20(18,19)17-9-8-10-4-1-2-7-13(10)17/h3,5-6,10,13H,1-2,4,7-9,16H2. The molecule has 4 nitrogen and oxygen atoms in total. The second kappa shape index (κ2) is 5.00. The lowest BCUT2D eigenvalue weighted by molar-refractivity contribution is 0.260. The Morgan fingerprint density at radius 1 is 1.20 bits per heavy atom. The summed E-state index contributed by atoms with van der Waals surface area (Å²) in [7, 11) is -3.84. The fraction of sp³-hybridized carbons (Fsp3) is 0.571. The number of halogens is 1. The lowest BCUT2D eigenvalue weighted by Crippen LogP contribution is -2.39. The minimum atomic E-state index is -3.84. The fourth-order valence-electron chi connectivity index (χ4n) is 3.58. The first-order chi connectivity index (χ1) is 9.51. The van der Waals surface area contributed by atoms with Crippen molar-refractivity contribution in [1.82, 2.24) is 4.31 Å². The maximum absolute atomic E-state index is 13.9. The van der Waals surface area contributed by atoms with E-state index >= 15 is 0 Å². The van der Waals surface area contributed by atoms with Crippen LogP contribution in [-0.2, 0) is 10.0 Å². The summed E-state index contributed by atoms with van der Waals surface area (Å²) >= 11 is 0. The van der Waals surface area contributed by atoms with Gasteiger partial charge in [-0.1, -0.05) is 18.9 Å². The SMILES string of the molecule is Nc1cccc(F)c1S(=O)(=O)N1CCC2CCCCC21. The Hall–Kier alpha value is -1.14. The highest BCUT2D eigenvalue weighted by Crippen LogP contribution is 2.40. The minimum Gasteiger partial charge on any atom is -0.398 e. The van der Waals surface area contributed by atoms with Gasteiger partial charge in [-0.05, 0) is 37.3 Å². The summed E-state index contributed by atoms with van der Waals surface area (Å²) in [5, 5.41) is 0. The molecule has 1 heterocycles. The zero-order chi connectivity index (χ0) is 14.3. The van der Waals surface area contributed by atoms with Crippen LogP contribution < -0.4 is 5.73 Å². The number of fused-ring (bicyclic) bond motifs is 1. The molecule has 2 fully saturated rings. The van der Waals surface area contributed by atoms with Crippen molar-refractivity contribution in [1.29, 1.82) is 0 Å². The molecular formula is C14H19FN2O2S. The van der Waals surface area contributed by atoms with Gasteiger partial charge in [-0.25, -0.2) is 12.8 Å². The number of anilines is 1. The van der Waals surface area contributed by atoms with Crippen LogP contribution >= 0.6 is 0 Å². The van der Waals surface area contributed by atoms with Crippen LogP contribution in [0.1, 0.15) is 32.1 Å². The molecule has 2 atom stereocenters. The van der Waals surface area contributed by atoms with Gasteiger partial charge in [0.15, 0.2) is 0 Å². The largest absolute Gasteiger partial charge is 0.398 e. The number of rotatable bonds is 2. The quantitative estimate of drug-likeness (QED) is 0.853. The van der Waals surface area contributed by atoms with E-state index in [9.17, 15) is 12.8 Å². The highest BCUT2D eigenvalue weighted by molar-refractivity contribution is 7.89. The smallest absolute Gasteiger partial charge is 0.248 e. The summed E-state index contributed by atoms with van der Waals surface area (Å²) in [6, 6.07) is 4.03. The summed E-state index contributed by atoms with van der Waals surface area (Å²) in [5.74, 6) is -0.337. The molecule has 0 radical (unpaired) electrons. The van der Waals surface area contributed by atoms with Crippen molar-refractivity contribution in [2.75, 3.05) is 12.3 Å². The van der Waals surface area contributed by atoms with E-state index in [1.165, 1.54) is 16.4 Å². The predicted octanol–water partition coefficient (Wildman–Crippen LogP) is 2.36. The molecule has 6 heteroatoms. The monoisotopic (exact) mass is 298 g/mol. The summed E-state index contributed by atoms with van der Waals surface area (Å²) in [5.41, 5.74) is 5.69. The zero-order valence-electron chi connectivity index (χ0n) is 11.3. The first-order valence-electron chi connectivity index (χ1n) is 7.07. The second-order valence-electron chi connectivity index (χ2n) is 5.67. The van der Waals surface area contributed by atoms with Crippen molar-refractivity contribution in [3.05, 3.63) is 24.0 Å². The van der Waals surface area contributed by atoms with Gasteiger partial charge in [0, 0.05) is 12.6 Å². The van der Waals surface area contributed by atoms with Crippen LogP contribution in [0, 0.1) is 11.7 Å². The number of hydrogen-bond acceptors (Lipinski definition) is 3. The molecule has 110 valence electrons. The molecule has 20 heavy (non-hydrogen) atoms. The average molecular weight is 298 g/mol. The molecule has 1 aromatic carbocycles. The predicted molar refractivity (Wildman–Crippen MR) is 75.1 cm³/mol. The van der Waals surface area contributed by atoms with Crippen molar-refractivity contribution in [3.63, 3.8) is 0 Å². The third kappa shape index (κ3) is 2.11. The first kappa shape index (κ1) is 13.8. The van der Waals surface area contributed by atoms with Gasteiger partial charge >= 0.3 is 0 Å². The molecule has 2 unspecified atom stereocenters. The maximum atomic E-state index is 13.9. The van der Waals surface area contributed by atoms with Crippen LogP contribution in [0.5, 0.6) is 0 Å². The number of sulfonamides is 1. The highest BCUT2D eigenvalue weighted by atomic mass is 32.2. The van der Waals surface area contributed by atoms with Crippen molar-refractivity contribution < 1.29 is 12.8 Å². The normalized spacial score (nSPS) is 27.4. The minimum absolute atomic E-state index is 0.00994. The van der Waals surface area contributed by atoms with Gasteiger partial charge in [-0.3, -0.25) is 0 Å². The Morgan fingerprint density at radius 2 is 1.95 bits per heavy atom. The van der Waals surface area contributed by atoms with E-state index in [1.54, 1.807) is 0 Å². The van der Waals surface area contributed by atoms with Gasteiger partial charge in [0.1, 0.15) is 10.7 Å². The Bertz CT molecular complexity index is 597. The van der Waals surface area contributed by atoms with E-state index < -0.39 is 15.8 Å². The van der Waals surface area contributed by atoms with Crippen molar-refractivity contribution in [2.24, 2.45) is 5.92 Å². The Morgan fingerprint density at radius 3 is 2.70 bits per heavy atom. The van der Waals surface area contributed by atoms with Gasteiger partial charge < -0.3 is 5.73 Å². The van der Waals surface area contributed by atoms with Gasteiger partial charge in [0.2, 0.25) is 10.0 Å². The second-order valence-corrected chi connectivity index (χ2v) is 7.50. The molecule has 1 saturated carbocycles. The van der Waals surface area contributed by atoms with Crippen LogP contribution in [-0.4, -0.2) is 25.3 Å². The van der Waals surface area contributed by atoms with Crippen molar-refractivity contribution in [3.8, 4) is 0 Å². The van der Waals surface area contributed by atoms with Crippen molar-refractivity contribution >= 4 is 15.7 Å². The fourth-order valence-corrected chi connectivity index (χ4v) is 5.47. The van der Waals surface area contributed by atoms with E-state index in [0.29, 0.717) is 12.5 Å². The number of nitrogen functional groups attached to an aromatic ring is 1. The van der Waals surface area contributed by atoms with Crippen LogP contribution in [0.25, 0.3) is 0 Å². The first-order valence-corrected chi connectivity index (χ1v) is 8.51. The van der Waals surface area contributed by atoms with Crippen LogP contribution in [0.3, 0.4) is 0 Å². The summed E-state index contributed by atoms with van der Waals surface area (Å²) in [4.78, 5) is -0.355. The average Bonchev–Trinajstić information content (AvgIpc) is 2.82.